The lowest BCUT2D eigenvalue weighted by Gasteiger charge is -2.27. The molecule has 2 aromatic rings. The van der Waals surface area contributed by atoms with Crippen LogP contribution >= 0.6 is 0 Å². The van der Waals surface area contributed by atoms with Gasteiger partial charge in [-0.2, -0.15) is 0 Å². The first-order valence-electron chi connectivity index (χ1n) is 7.96. The molecule has 0 spiro atoms. The maximum atomic E-state index is 12.5. The van der Waals surface area contributed by atoms with Gasteiger partial charge < -0.3 is 14.4 Å². The number of methoxy groups -OCH3 is 2. The first-order chi connectivity index (χ1) is 11.7. The highest BCUT2D eigenvalue weighted by Gasteiger charge is 2.18. The Hall–Kier alpha value is -2.75. The second-order valence-electron chi connectivity index (χ2n) is 5.76. The molecule has 0 radical (unpaired) electrons. The van der Waals surface area contributed by atoms with Crippen molar-refractivity contribution < 1.29 is 14.3 Å². The molecule has 3 rings (SSSR count). The number of amides is 1. The average Bonchev–Trinajstić information content (AvgIpc) is 2.65. The lowest BCUT2D eigenvalue weighted by atomic mass is 10.00. The Morgan fingerprint density at radius 3 is 2.38 bits per heavy atom. The van der Waals surface area contributed by atoms with Crippen LogP contribution in [0.2, 0.25) is 0 Å². The van der Waals surface area contributed by atoms with Crippen LogP contribution in [0.1, 0.15) is 16.7 Å². The normalized spacial score (nSPS) is 13.7. The predicted molar refractivity (Wildman–Crippen MR) is 94.1 cm³/mol. The van der Waals surface area contributed by atoms with Crippen molar-refractivity contribution in [2.75, 3.05) is 20.8 Å². The number of hydrogen-bond acceptors (Lipinski definition) is 3. The molecule has 4 heteroatoms. The summed E-state index contributed by atoms with van der Waals surface area (Å²) < 4.78 is 10.5. The van der Waals surface area contributed by atoms with Gasteiger partial charge in [0.15, 0.2) is 0 Å². The fraction of sp³-hybridized carbons (Fsp3) is 0.250. The Morgan fingerprint density at radius 1 is 1.04 bits per heavy atom. The summed E-state index contributed by atoms with van der Waals surface area (Å²) in [5.74, 6) is 1.42. The van der Waals surface area contributed by atoms with E-state index in [0.29, 0.717) is 18.0 Å². The van der Waals surface area contributed by atoms with E-state index >= 15 is 0 Å². The number of nitrogens with zero attached hydrogens (tertiary/aromatic N) is 1. The molecule has 0 fully saturated rings. The maximum Gasteiger partial charge on any atom is 0.246 e. The molecule has 0 aromatic heterocycles. The monoisotopic (exact) mass is 323 g/mol. The zero-order valence-electron chi connectivity index (χ0n) is 14.0. The molecule has 0 N–H and O–H groups in total. The summed E-state index contributed by atoms with van der Waals surface area (Å²) in [6, 6.07) is 13.8. The number of benzene rings is 2. The van der Waals surface area contributed by atoms with E-state index in [-0.39, 0.29) is 5.91 Å². The van der Waals surface area contributed by atoms with Crippen LogP contribution in [0.15, 0.2) is 48.5 Å². The predicted octanol–water partition coefficient (Wildman–Crippen LogP) is 3.30. The van der Waals surface area contributed by atoms with Crippen molar-refractivity contribution >= 4 is 12.0 Å². The zero-order valence-corrected chi connectivity index (χ0v) is 14.0. The van der Waals surface area contributed by atoms with Crippen LogP contribution in [0.3, 0.4) is 0 Å². The van der Waals surface area contributed by atoms with E-state index < -0.39 is 0 Å². The van der Waals surface area contributed by atoms with Crippen LogP contribution in [0.25, 0.3) is 6.08 Å². The van der Waals surface area contributed by atoms with E-state index in [2.05, 4.69) is 12.1 Å². The largest absolute Gasteiger partial charge is 0.497 e. The van der Waals surface area contributed by atoms with Crippen LogP contribution in [0.5, 0.6) is 11.5 Å². The van der Waals surface area contributed by atoms with Gasteiger partial charge in [-0.1, -0.05) is 24.3 Å². The standard InChI is InChI=1S/C20H21NO3/c1-23-18-11-15(12-19(13-18)24-2)7-8-20(22)21-10-9-16-5-3-4-6-17(16)14-21/h3-8,11-13H,9-10,14H2,1-2H3/b8-7+. The molecule has 0 saturated heterocycles. The van der Waals surface area contributed by atoms with Gasteiger partial charge in [0, 0.05) is 25.2 Å². The second kappa shape index (κ2) is 7.21. The number of hydrogen-bond donors (Lipinski definition) is 0. The average molecular weight is 323 g/mol. The fourth-order valence-electron chi connectivity index (χ4n) is 2.88. The maximum absolute atomic E-state index is 12.5. The molecule has 0 saturated carbocycles. The lowest BCUT2D eigenvalue weighted by molar-refractivity contribution is -0.126. The minimum Gasteiger partial charge on any atom is -0.497 e. The van der Waals surface area contributed by atoms with Crippen LogP contribution in [0.4, 0.5) is 0 Å². The molecular weight excluding hydrogens is 302 g/mol. The van der Waals surface area contributed by atoms with Gasteiger partial charge >= 0.3 is 0 Å². The van der Waals surface area contributed by atoms with Gasteiger partial charge in [-0.05, 0) is 41.3 Å². The van der Waals surface area contributed by atoms with E-state index in [1.807, 2.05) is 29.2 Å². The molecule has 0 bridgehead atoms. The smallest absolute Gasteiger partial charge is 0.246 e. The van der Waals surface area contributed by atoms with E-state index in [4.69, 9.17) is 9.47 Å². The Bertz CT molecular complexity index is 745. The first kappa shape index (κ1) is 16.1. The Morgan fingerprint density at radius 2 is 1.71 bits per heavy atom. The van der Waals surface area contributed by atoms with Crippen molar-refractivity contribution in [1.82, 2.24) is 4.90 Å². The number of carbonyl (C=O) groups excluding carboxylic acids is 1. The topological polar surface area (TPSA) is 38.8 Å². The molecule has 1 aliphatic rings. The Labute approximate surface area is 142 Å². The zero-order chi connectivity index (χ0) is 16.9. The van der Waals surface area contributed by atoms with Crippen molar-refractivity contribution in [2.24, 2.45) is 0 Å². The number of fused-ring (bicyclic) bond motifs is 1. The SMILES string of the molecule is COc1cc(/C=C/C(=O)N2CCc3ccccc3C2)cc(OC)c1. The highest BCUT2D eigenvalue weighted by molar-refractivity contribution is 5.92. The van der Waals surface area contributed by atoms with Gasteiger partial charge in [0.2, 0.25) is 5.91 Å². The molecule has 0 atom stereocenters. The van der Waals surface area contributed by atoms with Gasteiger partial charge in [-0.25, -0.2) is 0 Å². The van der Waals surface area contributed by atoms with Crippen LogP contribution in [-0.4, -0.2) is 31.6 Å². The van der Waals surface area contributed by atoms with Crippen molar-refractivity contribution in [3.63, 3.8) is 0 Å². The molecule has 124 valence electrons. The van der Waals surface area contributed by atoms with Crippen molar-refractivity contribution in [3.05, 3.63) is 65.2 Å². The minimum absolute atomic E-state index is 0.0197. The second-order valence-corrected chi connectivity index (χ2v) is 5.76. The molecule has 1 heterocycles. The minimum atomic E-state index is 0.0197. The molecule has 4 nitrogen and oxygen atoms in total. The number of carbonyl (C=O) groups is 1. The highest BCUT2D eigenvalue weighted by atomic mass is 16.5. The fourth-order valence-corrected chi connectivity index (χ4v) is 2.88. The van der Waals surface area contributed by atoms with Gasteiger partial charge in [0.25, 0.3) is 0 Å². The Balaban J connectivity index is 1.72. The summed E-state index contributed by atoms with van der Waals surface area (Å²) in [4.78, 5) is 14.3. The summed E-state index contributed by atoms with van der Waals surface area (Å²) in [7, 11) is 3.22. The molecule has 1 aliphatic heterocycles. The molecule has 24 heavy (non-hydrogen) atoms. The third kappa shape index (κ3) is 3.59. The molecule has 0 unspecified atom stereocenters. The van der Waals surface area contributed by atoms with E-state index in [1.54, 1.807) is 32.4 Å². The molecule has 1 amide bonds. The van der Waals surface area contributed by atoms with Crippen molar-refractivity contribution in [3.8, 4) is 11.5 Å². The summed E-state index contributed by atoms with van der Waals surface area (Å²) in [5, 5.41) is 0. The Kier molecular flexibility index (Phi) is 4.85. The lowest BCUT2D eigenvalue weighted by Crippen LogP contribution is -2.34. The van der Waals surface area contributed by atoms with Crippen LogP contribution in [0, 0.1) is 0 Å². The third-order valence-electron chi connectivity index (χ3n) is 4.23. The summed E-state index contributed by atoms with van der Waals surface area (Å²) in [6.07, 6.45) is 4.32. The van der Waals surface area contributed by atoms with Crippen LogP contribution in [-0.2, 0) is 17.8 Å². The van der Waals surface area contributed by atoms with E-state index in [9.17, 15) is 4.79 Å². The quantitative estimate of drug-likeness (QED) is 0.810. The summed E-state index contributed by atoms with van der Waals surface area (Å²) in [5.41, 5.74) is 3.44. The van der Waals surface area contributed by atoms with Gasteiger partial charge in [-0.15, -0.1) is 0 Å². The van der Waals surface area contributed by atoms with Gasteiger partial charge in [-0.3, -0.25) is 4.79 Å². The first-order valence-corrected chi connectivity index (χ1v) is 7.96. The number of ether oxygens (including phenoxy) is 2. The summed E-state index contributed by atoms with van der Waals surface area (Å²) >= 11 is 0. The third-order valence-corrected chi connectivity index (χ3v) is 4.23. The summed E-state index contributed by atoms with van der Waals surface area (Å²) in [6.45, 7) is 1.42. The highest BCUT2D eigenvalue weighted by Crippen LogP contribution is 2.24. The molecular formula is C20H21NO3. The van der Waals surface area contributed by atoms with Gasteiger partial charge in [0.05, 0.1) is 14.2 Å². The van der Waals surface area contributed by atoms with Crippen molar-refractivity contribution in [1.29, 1.82) is 0 Å². The van der Waals surface area contributed by atoms with E-state index in [1.165, 1.54) is 11.1 Å². The van der Waals surface area contributed by atoms with E-state index in [0.717, 1.165) is 18.5 Å². The number of rotatable bonds is 4. The van der Waals surface area contributed by atoms with Gasteiger partial charge in [0.1, 0.15) is 11.5 Å². The molecule has 0 aliphatic carbocycles. The van der Waals surface area contributed by atoms with Crippen molar-refractivity contribution in [2.45, 2.75) is 13.0 Å². The molecule has 2 aromatic carbocycles. The van der Waals surface area contributed by atoms with Crippen LogP contribution < -0.4 is 9.47 Å².